The number of thiazole rings is 1. The van der Waals surface area contributed by atoms with E-state index in [1.165, 1.54) is 0 Å². The quantitative estimate of drug-likeness (QED) is 0.651. The van der Waals surface area contributed by atoms with Crippen LogP contribution in [0.1, 0.15) is 43.9 Å². The minimum atomic E-state index is -4.52. The van der Waals surface area contributed by atoms with Gasteiger partial charge < -0.3 is 16.4 Å². The van der Waals surface area contributed by atoms with Gasteiger partial charge in [0.2, 0.25) is 11.8 Å². The monoisotopic (exact) mass is 402 g/mol. The Kier molecular flexibility index (Phi) is 9.38. The van der Waals surface area contributed by atoms with Crippen molar-refractivity contribution in [3.05, 3.63) is 16.1 Å². The number of carbonyl (C=O) groups excluding carboxylic acids is 2. The molecule has 144 valence electrons. The number of nitrogens with one attached hydrogen (secondary N) is 2. The van der Waals surface area contributed by atoms with Gasteiger partial charge in [-0.15, -0.1) is 23.7 Å². The summed E-state index contributed by atoms with van der Waals surface area (Å²) >= 11 is 0.831. The van der Waals surface area contributed by atoms with E-state index >= 15 is 0 Å². The summed E-state index contributed by atoms with van der Waals surface area (Å²) in [7, 11) is 0. The molecule has 0 radical (unpaired) electrons. The lowest BCUT2D eigenvalue weighted by atomic mass is 10.1. The zero-order chi connectivity index (χ0) is 18.5. The van der Waals surface area contributed by atoms with Crippen molar-refractivity contribution >= 4 is 35.6 Å². The smallest absolute Gasteiger partial charge is 0.346 e. The predicted octanol–water partition coefficient (Wildman–Crippen LogP) is 2.25. The number of nitrogens with zero attached hydrogens (tertiary/aromatic N) is 1. The fourth-order valence-corrected chi connectivity index (χ4v) is 2.71. The maximum absolute atomic E-state index is 12.6. The summed E-state index contributed by atoms with van der Waals surface area (Å²) in [6, 6.07) is -1.37. The van der Waals surface area contributed by atoms with E-state index in [1.807, 2.05) is 0 Å². The molecule has 0 aliphatic rings. The van der Waals surface area contributed by atoms with E-state index in [0.717, 1.165) is 16.7 Å². The topological polar surface area (TPSA) is 97.1 Å². The Balaban J connectivity index is 0.00000576. The molecule has 1 rings (SSSR count). The molecule has 0 aliphatic heterocycles. The molecule has 0 fully saturated rings. The summed E-state index contributed by atoms with van der Waals surface area (Å²) in [4.78, 5) is 27.1. The minimum Gasteiger partial charge on any atom is -0.346 e. The normalized spacial score (nSPS) is 13.8. The van der Waals surface area contributed by atoms with Gasteiger partial charge >= 0.3 is 6.18 Å². The zero-order valence-electron chi connectivity index (χ0n) is 14.0. The lowest BCUT2D eigenvalue weighted by molar-refractivity contribution is -0.140. The van der Waals surface area contributed by atoms with Crippen molar-refractivity contribution in [2.24, 2.45) is 11.7 Å². The zero-order valence-corrected chi connectivity index (χ0v) is 15.6. The number of hydrogen-bond donors (Lipinski definition) is 3. The molecule has 25 heavy (non-hydrogen) atoms. The van der Waals surface area contributed by atoms with Crippen LogP contribution >= 0.6 is 23.7 Å². The number of amides is 2. The molecule has 0 spiro atoms. The first-order valence-electron chi connectivity index (χ1n) is 7.41. The molecule has 0 saturated heterocycles. The van der Waals surface area contributed by atoms with Crippen molar-refractivity contribution in [1.82, 2.24) is 15.6 Å². The van der Waals surface area contributed by atoms with Crippen molar-refractivity contribution in [1.29, 1.82) is 0 Å². The van der Waals surface area contributed by atoms with Crippen molar-refractivity contribution in [3.63, 3.8) is 0 Å². The minimum absolute atomic E-state index is 0. The first kappa shape index (κ1) is 23.6. The van der Waals surface area contributed by atoms with Gasteiger partial charge in [-0.1, -0.05) is 20.8 Å². The van der Waals surface area contributed by atoms with Crippen LogP contribution < -0.4 is 16.4 Å². The van der Waals surface area contributed by atoms with E-state index in [0.29, 0.717) is 6.42 Å². The van der Waals surface area contributed by atoms with Crippen LogP contribution in [0.5, 0.6) is 0 Å². The summed E-state index contributed by atoms with van der Waals surface area (Å²) < 4.78 is 37.7. The first-order valence-corrected chi connectivity index (χ1v) is 8.29. The summed E-state index contributed by atoms with van der Waals surface area (Å²) in [5.41, 5.74) is 4.67. The van der Waals surface area contributed by atoms with E-state index < -0.39 is 35.8 Å². The van der Waals surface area contributed by atoms with E-state index in [9.17, 15) is 22.8 Å². The summed E-state index contributed by atoms with van der Waals surface area (Å²) in [6.45, 7) is 4.97. The molecule has 1 heterocycles. The third kappa shape index (κ3) is 7.17. The second-order valence-electron chi connectivity index (χ2n) is 5.58. The molecule has 0 saturated carbocycles. The van der Waals surface area contributed by atoms with Gasteiger partial charge in [-0.3, -0.25) is 9.59 Å². The summed E-state index contributed by atoms with van der Waals surface area (Å²) in [5.74, 6) is -1.05. The fourth-order valence-electron chi connectivity index (χ4n) is 1.75. The first-order chi connectivity index (χ1) is 11.1. The average molecular weight is 403 g/mol. The predicted molar refractivity (Wildman–Crippen MR) is 91.4 cm³/mol. The Hall–Kier alpha value is -1.39. The number of carbonyl (C=O) groups is 2. The van der Waals surface area contributed by atoms with E-state index in [2.05, 4.69) is 15.6 Å². The highest BCUT2D eigenvalue weighted by molar-refractivity contribution is 7.09. The molecule has 0 aliphatic carbocycles. The molecule has 4 N–H and O–H groups in total. The largest absolute Gasteiger partial charge is 0.434 e. The van der Waals surface area contributed by atoms with Gasteiger partial charge in [0.15, 0.2) is 5.69 Å². The van der Waals surface area contributed by atoms with Gasteiger partial charge in [0.25, 0.3) is 0 Å². The number of hydrogen-bond acceptors (Lipinski definition) is 5. The Morgan fingerprint density at radius 3 is 2.40 bits per heavy atom. The molecule has 6 nitrogen and oxygen atoms in total. The molecule has 0 bridgehead atoms. The van der Waals surface area contributed by atoms with Crippen LogP contribution in [-0.2, 0) is 15.8 Å². The Labute approximate surface area is 154 Å². The van der Waals surface area contributed by atoms with Gasteiger partial charge in [-0.2, -0.15) is 13.2 Å². The molecule has 1 aromatic heterocycles. The molecule has 2 atom stereocenters. The lowest BCUT2D eigenvalue weighted by Gasteiger charge is -2.17. The van der Waals surface area contributed by atoms with Crippen LogP contribution in [0.2, 0.25) is 0 Å². The molecule has 11 heteroatoms. The fraction of sp³-hybridized carbons (Fsp3) is 0.643. The Bertz CT molecular complexity index is 581. The SMILES string of the molecule is CCC(NC(=O)CNC(=O)[C@@H](N)C(C)C)c1nc(C(F)(F)F)cs1.Cl. The highest BCUT2D eigenvalue weighted by atomic mass is 35.5. The number of nitrogens with two attached hydrogens (primary N) is 1. The van der Waals surface area contributed by atoms with Crippen LogP contribution in [0, 0.1) is 5.92 Å². The number of aromatic nitrogens is 1. The number of alkyl halides is 3. The van der Waals surface area contributed by atoms with Crippen LogP contribution in [0.25, 0.3) is 0 Å². The van der Waals surface area contributed by atoms with Crippen molar-refractivity contribution in [3.8, 4) is 0 Å². The van der Waals surface area contributed by atoms with E-state index in [1.54, 1.807) is 20.8 Å². The highest BCUT2D eigenvalue weighted by Crippen LogP contribution is 2.32. The van der Waals surface area contributed by atoms with E-state index in [-0.39, 0.29) is 29.9 Å². The summed E-state index contributed by atoms with van der Waals surface area (Å²) in [6.07, 6.45) is -4.14. The molecular formula is C14H22ClF3N4O2S. The molecule has 1 unspecified atom stereocenters. The summed E-state index contributed by atoms with van der Waals surface area (Å²) in [5, 5.41) is 6.04. The third-order valence-electron chi connectivity index (χ3n) is 3.30. The molecule has 2 amide bonds. The molecule has 1 aromatic rings. The Morgan fingerprint density at radius 2 is 1.96 bits per heavy atom. The van der Waals surface area contributed by atoms with Crippen LogP contribution in [0.3, 0.4) is 0 Å². The second-order valence-corrected chi connectivity index (χ2v) is 6.47. The van der Waals surface area contributed by atoms with Crippen LogP contribution in [-0.4, -0.2) is 29.4 Å². The lowest BCUT2D eigenvalue weighted by Crippen LogP contribution is -2.47. The number of rotatable bonds is 7. The van der Waals surface area contributed by atoms with Crippen molar-refractivity contribution in [2.75, 3.05) is 6.54 Å². The van der Waals surface area contributed by atoms with Crippen LogP contribution in [0.4, 0.5) is 13.2 Å². The average Bonchev–Trinajstić information content (AvgIpc) is 2.99. The van der Waals surface area contributed by atoms with E-state index in [4.69, 9.17) is 5.73 Å². The third-order valence-corrected chi connectivity index (χ3v) is 4.26. The highest BCUT2D eigenvalue weighted by Gasteiger charge is 2.34. The van der Waals surface area contributed by atoms with Gasteiger partial charge in [0.1, 0.15) is 5.01 Å². The molecular weight excluding hydrogens is 381 g/mol. The maximum Gasteiger partial charge on any atom is 0.434 e. The van der Waals surface area contributed by atoms with Crippen molar-refractivity contribution in [2.45, 2.75) is 45.5 Å². The Morgan fingerprint density at radius 1 is 1.36 bits per heavy atom. The molecule has 0 aromatic carbocycles. The van der Waals surface area contributed by atoms with Crippen molar-refractivity contribution < 1.29 is 22.8 Å². The number of halogens is 4. The maximum atomic E-state index is 12.6. The van der Waals surface area contributed by atoms with Gasteiger partial charge in [0, 0.05) is 5.38 Å². The second kappa shape index (κ2) is 9.93. The van der Waals surface area contributed by atoms with Crippen LogP contribution in [0.15, 0.2) is 5.38 Å². The van der Waals surface area contributed by atoms with Gasteiger partial charge in [-0.25, -0.2) is 4.98 Å². The standard InChI is InChI=1S/C14H21F3N4O2S.ClH/c1-4-8(13-21-9(6-24-13)14(15,16)17)20-10(22)5-19-12(23)11(18)7(2)3;/h6-8,11H,4-5,18H2,1-3H3,(H,19,23)(H,20,22);1H/t8?,11-;/m0./s1. The van der Waals surface area contributed by atoms with Gasteiger partial charge in [0.05, 0.1) is 18.6 Å². The van der Waals surface area contributed by atoms with Gasteiger partial charge in [-0.05, 0) is 12.3 Å².